The zero-order valence-electron chi connectivity index (χ0n) is 16.6. The Hall–Kier alpha value is -4.06. The predicted octanol–water partition coefficient (Wildman–Crippen LogP) is 3.87. The molecule has 0 saturated carbocycles. The van der Waals surface area contributed by atoms with E-state index in [1.54, 1.807) is 12.4 Å². The lowest BCUT2D eigenvalue weighted by Crippen LogP contribution is -2.35. The second-order valence-electron chi connectivity index (χ2n) is 8.11. The van der Waals surface area contributed by atoms with Gasteiger partial charge in [0.15, 0.2) is 0 Å². The van der Waals surface area contributed by atoms with Gasteiger partial charge in [-0.3, -0.25) is 9.59 Å². The van der Waals surface area contributed by atoms with Gasteiger partial charge in [-0.25, -0.2) is 9.97 Å². The number of anilines is 2. The Morgan fingerprint density at radius 3 is 2.74 bits per heavy atom. The van der Waals surface area contributed by atoms with Crippen LogP contribution in [-0.2, 0) is 23.1 Å². The van der Waals surface area contributed by atoms with Gasteiger partial charge in [-0.1, -0.05) is 36.4 Å². The van der Waals surface area contributed by atoms with Crippen LogP contribution in [0.15, 0.2) is 73.1 Å². The smallest absolute Gasteiger partial charge is 0.256 e. The second-order valence-corrected chi connectivity index (χ2v) is 8.11. The van der Waals surface area contributed by atoms with E-state index < -0.39 is 5.41 Å². The number of nitrogens with zero attached hydrogens (tertiary/aromatic N) is 2. The largest absolute Gasteiger partial charge is 0.310 e. The number of rotatable bonds is 2. The molecular formula is C25H18N4O2. The van der Waals surface area contributed by atoms with Gasteiger partial charge in [-0.05, 0) is 53.6 Å². The summed E-state index contributed by atoms with van der Waals surface area (Å²) in [6, 6.07) is 19.2. The van der Waals surface area contributed by atoms with Crippen molar-refractivity contribution in [2.24, 2.45) is 0 Å². The van der Waals surface area contributed by atoms with Crippen molar-refractivity contribution >= 4 is 34.2 Å². The minimum absolute atomic E-state index is 0.0247. The summed E-state index contributed by atoms with van der Waals surface area (Å²) in [5.74, 6) is 0.935. The van der Waals surface area contributed by atoms with Gasteiger partial charge in [0.1, 0.15) is 11.6 Å². The molecule has 2 N–H and O–H groups in total. The maximum Gasteiger partial charge on any atom is 0.256 e. The highest BCUT2D eigenvalue weighted by atomic mass is 16.2. The number of hydrogen-bond donors (Lipinski definition) is 2. The third-order valence-electron chi connectivity index (χ3n) is 6.35. The molecule has 0 saturated heterocycles. The Labute approximate surface area is 178 Å². The molecule has 2 aromatic carbocycles. The van der Waals surface area contributed by atoms with Crippen molar-refractivity contribution in [3.63, 3.8) is 0 Å². The first kappa shape index (κ1) is 17.8. The molecule has 0 fully saturated rings. The molecule has 1 atom stereocenters. The van der Waals surface area contributed by atoms with Gasteiger partial charge < -0.3 is 10.6 Å². The molecule has 0 radical (unpaired) electrons. The second kappa shape index (κ2) is 6.47. The summed E-state index contributed by atoms with van der Waals surface area (Å²) in [7, 11) is 0. The fourth-order valence-corrected chi connectivity index (χ4v) is 4.81. The summed E-state index contributed by atoms with van der Waals surface area (Å²) < 4.78 is 0. The van der Waals surface area contributed by atoms with Crippen molar-refractivity contribution in [1.29, 1.82) is 0 Å². The number of pyridine rings is 2. The maximum atomic E-state index is 13.0. The van der Waals surface area contributed by atoms with E-state index >= 15 is 0 Å². The molecule has 1 aliphatic carbocycles. The molecule has 6 rings (SSSR count). The fourth-order valence-electron chi connectivity index (χ4n) is 4.81. The molecule has 0 bridgehead atoms. The topological polar surface area (TPSA) is 84.0 Å². The minimum Gasteiger partial charge on any atom is -0.310 e. The molecule has 2 aliphatic rings. The molecule has 31 heavy (non-hydrogen) atoms. The van der Waals surface area contributed by atoms with Gasteiger partial charge in [0.2, 0.25) is 5.91 Å². The van der Waals surface area contributed by atoms with Crippen LogP contribution in [0, 0.1) is 0 Å². The van der Waals surface area contributed by atoms with Crippen molar-refractivity contribution in [3.8, 4) is 0 Å². The highest BCUT2D eigenvalue weighted by Crippen LogP contribution is 2.46. The maximum absolute atomic E-state index is 13.0. The van der Waals surface area contributed by atoms with Crippen molar-refractivity contribution in [2.45, 2.75) is 18.3 Å². The monoisotopic (exact) mass is 406 g/mol. The molecule has 1 unspecified atom stereocenters. The first-order chi connectivity index (χ1) is 15.1. The molecule has 6 nitrogen and oxygen atoms in total. The van der Waals surface area contributed by atoms with Crippen molar-refractivity contribution in [1.82, 2.24) is 9.97 Å². The Kier molecular flexibility index (Phi) is 3.71. The summed E-state index contributed by atoms with van der Waals surface area (Å²) in [6.07, 6.45) is 4.54. The molecular weight excluding hydrogens is 388 g/mol. The molecule has 2 aromatic heterocycles. The molecule has 150 valence electrons. The zero-order valence-corrected chi connectivity index (χ0v) is 16.6. The van der Waals surface area contributed by atoms with Crippen LogP contribution in [0.4, 0.5) is 11.6 Å². The van der Waals surface area contributed by atoms with E-state index in [4.69, 9.17) is 0 Å². The summed E-state index contributed by atoms with van der Waals surface area (Å²) in [5.41, 5.74) is 2.95. The van der Waals surface area contributed by atoms with Gasteiger partial charge >= 0.3 is 0 Å². The van der Waals surface area contributed by atoms with Crippen molar-refractivity contribution in [2.75, 3.05) is 10.6 Å². The van der Waals surface area contributed by atoms with E-state index in [-0.39, 0.29) is 11.8 Å². The summed E-state index contributed by atoms with van der Waals surface area (Å²) in [5, 5.41) is 7.76. The van der Waals surface area contributed by atoms with Gasteiger partial charge in [0.25, 0.3) is 5.91 Å². The number of hydrogen-bond acceptors (Lipinski definition) is 4. The number of amides is 2. The Morgan fingerprint density at radius 2 is 1.81 bits per heavy atom. The Morgan fingerprint density at radius 1 is 0.935 bits per heavy atom. The average Bonchev–Trinajstić information content (AvgIpc) is 3.31. The Bertz CT molecular complexity index is 1390. The number of benzene rings is 2. The molecule has 6 heteroatoms. The van der Waals surface area contributed by atoms with E-state index in [0.717, 1.165) is 27.5 Å². The number of aromatic nitrogens is 2. The first-order valence-corrected chi connectivity index (χ1v) is 10.2. The van der Waals surface area contributed by atoms with Gasteiger partial charge in [-0.2, -0.15) is 0 Å². The molecule has 1 aliphatic heterocycles. The third kappa shape index (κ3) is 2.65. The van der Waals surface area contributed by atoms with Crippen LogP contribution in [0.25, 0.3) is 10.8 Å². The lowest BCUT2D eigenvalue weighted by molar-refractivity contribution is -0.120. The predicted molar refractivity (Wildman–Crippen MR) is 118 cm³/mol. The van der Waals surface area contributed by atoms with Crippen LogP contribution in [-0.4, -0.2) is 21.8 Å². The highest BCUT2D eigenvalue weighted by molar-refractivity contribution is 6.09. The summed E-state index contributed by atoms with van der Waals surface area (Å²) >= 11 is 0. The van der Waals surface area contributed by atoms with E-state index in [2.05, 4.69) is 20.6 Å². The van der Waals surface area contributed by atoms with Gasteiger partial charge in [-0.15, -0.1) is 0 Å². The number of fused-ring (bicyclic) bond motifs is 4. The van der Waals surface area contributed by atoms with Crippen LogP contribution >= 0.6 is 0 Å². The minimum atomic E-state index is -0.641. The van der Waals surface area contributed by atoms with Crippen molar-refractivity contribution in [3.05, 3.63) is 95.3 Å². The number of carbonyl (C=O) groups excluding carboxylic acids is 2. The Balaban J connectivity index is 1.32. The number of nitrogens with one attached hydrogen (secondary N) is 2. The van der Waals surface area contributed by atoms with Crippen LogP contribution in [0.5, 0.6) is 0 Å². The van der Waals surface area contributed by atoms with E-state index in [9.17, 15) is 9.59 Å². The average molecular weight is 406 g/mol. The first-order valence-electron chi connectivity index (χ1n) is 10.2. The van der Waals surface area contributed by atoms with Gasteiger partial charge in [0, 0.05) is 28.9 Å². The molecule has 2 amide bonds. The van der Waals surface area contributed by atoms with Crippen LogP contribution in [0.2, 0.25) is 0 Å². The van der Waals surface area contributed by atoms with E-state index in [1.807, 2.05) is 60.7 Å². The van der Waals surface area contributed by atoms with E-state index in [1.165, 1.54) is 0 Å². The summed E-state index contributed by atoms with van der Waals surface area (Å²) in [4.78, 5) is 34.5. The molecule has 3 heterocycles. The molecule has 4 aromatic rings. The zero-order chi connectivity index (χ0) is 21.0. The van der Waals surface area contributed by atoms with Crippen molar-refractivity contribution < 1.29 is 9.59 Å². The number of carbonyl (C=O) groups is 2. The molecule has 1 spiro atoms. The summed E-state index contributed by atoms with van der Waals surface area (Å²) in [6.45, 7) is 0. The highest BCUT2D eigenvalue weighted by Gasteiger charge is 2.51. The van der Waals surface area contributed by atoms with Crippen LogP contribution in [0.3, 0.4) is 0 Å². The third-order valence-corrected chi connectivity index (χ3v) is 6.35. The quantitative estimate of drug-likeness (QED) is 0.529. The van der Waals surface area contributed by atoms with Crippen LogP contribution < -0.4 is 10.6 Å². The van der Waals surface area contributed by atoms with Crippen LogP contribution in [0.1, 0.15) is 27.0 Å². The standard InChI is InChI=1S/C25H18N4O2/c30-23(28-21-19-5-2-1-4-15(19)9-11-27-21)16-7-8-17-13-25(14-18(17)12-16)20-6-3-10-26-22(20)29-24(25)31/h1-12H,13-14H2,(H,26,29,31)(H,27,28,30). The van der Waals surface area contributed by atoms with Gasteiger partial charge in [0.05, 0.1) is 5.41 Å². The lowest BCUT2D eigenvalue weighted by atomic mass is 9.79. The normalized spacial score (nSPS) is 18.6. The fraction of sp³-hybridized carbons (Fsp3) is 0.120. The lowest BCUT2D eigenvalue weighted by Gasteiger charge is -2.20. The van der Waals surface area contributed by atoms with E-state index in [0.29, 0.717) is 30.0 Å². The SMILES string of the molecule is O=C(Nc1nccc2ccccc12)c1ccc2c(c1)CC1(C2)C(=O)Nc2ncccc21.